The first-order valence-electron chi connectivity index (χ1n) is 13.3. The molecule has 0 amide bonds. The van der Waals surface area contributed by atoms with Gasteiger partial charge in [0, 0.05) is 24.0 Å². The van der Waals surface area contributed by atoms with Gasteiger partial charge < -0.3 is 14.6 Å². The third-order valence-electron chi connectivity index (χ3n) is 10.3. The number of fused-ring (bicyclic) bond motifs is 4. The molecule has 0 aromatic rings. The van der Waals surface area contributed by atoms with Crippen molar-refractivity contribution in [3.05, 3.63) is 47.6 Å². The Morgan fingerprint density at radius 3 is 2.57 bits per heavy atom. The highest BCUT2D eigenvalue weighted by atomic mass is 16.6. The van der Waals surface area contributed by atoms with E-state index in [1.54, 1.807) is 0 Å². The van der Waals surface area contributed by atoms with E-state index < -0.39 is 11.2 Å². The van der Waals surface area contributed by atoms with Gasteiger partial charge in [0.15, 0.2) is 0 Å². The van der Waals surface area contributed by atoms with E-state index in [4.69, 9.17) is 9.47 Å². The molecule has 2 heterocycles. The lowest BCUT2D eigenvalue weighted by Gasteiger charge is -2.48. The van der Waals surface area contributed by atoms with Crippen LogP contribution in [0.5, 0.6) is 0 Å². The molecule has 0 radical (unpaired) electrons. The molecule has 5 rings (SSSR count). The van der Waals surface area contributed by atoms with E-state index >= 15 is 0 Å². The van der Waals surface area contributed by atoms with E-state index in [0.717, 1.165) is 37.7 Å². The summed E-state index contributed by atoms with van der Waals surface area (Å²) in [5.74, 6) is 0.343. The third-order valence-corrected chi connectivity index (χ3v) is 10.3. The van der Waals surface area contributed by atoms with Gasteiger partial charge in [0.2, 0.25) is 0 Å². The summed E-state index contributed by atoms with van der Waals surface area (Å²) in [6.45, 7) is 14.9. The Labute approximate surface area is 209 Å². The topological polar surface area (TPSA) is 72.8 Å². The molecule has 0 spiro atoms. The Morgan fingerprint density at radius 1 is 1.11 bits per heavy atom. The fourth-order valence-corrected chi connectivity index (χ4v) is 8.24. The van der Waals surface area contributed by atoms with Crippen molar-refractivity contribution in [2.24, 2.45) is 35.0 Å². The number of rotatable bonds is 2. The van der Waals surface area contributed by atoms with Crippen molar-refractivity contribution >= 4 is 11.9 Å². The lowest BCUT2D eigenvalue weighted by molar-refractivity contribution is -0.153. The zero-order chi connectivity index (χ0) is 25.3. The van der Waals surface area contributed by atoms with E-state index in [0.29, 0.717) is 12.0 Å². The molecule has 0 aromatic carbocycles. The van der Waals surface area contributed by atoms with Crippen LogP contribution in [0.25, 0.3) is 0 Å². The quantitative estimate of drug-likeness (QED) is 0.420. The Bertz CT molecular complexity index is 1050. The van der Waals surface area contributed by atoms with Crippen molar-refractivity contribution < 1.29 is 24.2 Å². The van der Waals surface area contributed by atoms with E-state index in [1.807, 2.05) is 32.9 Å². The van der Waals surface area contributed by atoms with Crippen molar-refractivity contribution in [2.45, 2.75) is 90.4 Å². The SMILES string of the molecule is C=C1C(C(C)C2CC=C(C)C(=O)O2)CCC2(C)C1CC1(O)C=C3C=CC(=O)OC(C)(C)C3CCC12. The number of carbonyl (C=O) groups excluding carboxylic acids is 2. The second kappa shape index (κ2) is 8.19. The summed E-state index contributed by atoms with van der Waals surface area (Å²) in [6, 6.07) is 0. The van der Waals surface area contributed by atoms with Crippen LogP contribution in [0.2, 0.25) is 0 Å². The summed E-state index contributed by atoms with van der Waals surface area (Å²) in [5, 5.41) is 12.2. The van der Waals surface area contributed by atoms with Gasteiger partial charge in [-0.05, 0) is 93.6 Å². The van der Waals surface area contributed by atoms with Crippen molar-refractivity contribution in [3.8, 4) is 0 Å². The van der Waals surface area contributed by atoms with Crippen molar-refractivity contribution in [3.63, 3.8) is 0 Å². The number of hydrogen-bond acceptors (Lipinski definition) is 5. The van der Waals surface area contributed by atoms with Gasteiger partial charge in [-0.3, -0.25) is 0 Å². The number of carbonyl (C=O) groups is 2. The normalized spacial score (nSPS) is 43.4. The monoisotopic (exact) mass is 480 g/mol. The van der Waals surface area contributed by atoms with Gasteiger partial charge in [-0.25, -0.2) is 9.59 Å². The van der Waals surface area contributed by atoms with Gasteiger partial charge in [0.25, 0.3) is 0 Å². The molecule has 190 valence electrons. The number of aliphatic hydroxyl groups is 1. The number of ether oxygens (including phenoxy) is 2. The van der Waals surface area contributed by atoms with E-state index in [1.165, 1.54) is 11.6 Å². The van der Waals surface area contributed by atoms with E-state index in [-0.39, 0.29) is 53.0 Å². The number of hydrogen-bond donors (Lipinski definition) is 1. The summed E-state index contributed by atoms with van der Waals surface area (Å²) in [5.41, 5.74) is 1.33. The molecular formula is C30H40O5. The Morgan fingerprint density at radius 2 is 1.86 bits per heavy atom. The second-order valence-electron chi connectivity index (χ2n) is 12.6. The average molecular weight is 481 g/mol. The Balaban J connectivity index is 1.43. The minimum Gasteiger partial charge on any atom is -0.458 e. The maximum Gasteiger partial charge on any atom is 0.333 e. The molecule has 5 aliphatic rings. The molecule has 8 atom stereocenters. The van der Waals surface area contributed by atoms with E-state index in [2.05, 4.69) is 26.5 Å². The first-order valence-corrected chi connectivity index (χ1v) is 13.3. The van der Waals surface area contributed by atoms with Gasteiger partial charge in [0.05, 0.1) is 5.60 Å². The summed E-state index contributed by atoms with van der Waals surface area (Å²) < 4.78 is 11.5. The predicted octanol–water partition coefficient (Wildman–Crippen LogP) is 5.45. The Hall–Kier alpha value is -2.14. The summed E-state index contributed by atoms with van der Waals surface area (Å²) in [4.78, 5) is 24.3. The molecule has 8 unspecified atom stereocenters. The largest absolute Gasteiger partial charge is 0.458 e. The smallest absolute Gasteiger partial charge is 0.333 e. The van der Waals surface area contributed by atoms with Crippen molar-refractivity contribution in [1.82, 2.24) is 0 Å². The number of cyclic esters (lactones) is 2. The maximum absolute atomic E-state index is 12.2. The van der Waals surface area contributed by atoms with Gasteiger partial charge in [-0.1, -0.05) is 38.2 Å². The first-order chi connectivity index (χ1) is 16.4. The van der Waals surface area contributed by atoms with Crippen LogP contribution in [0, 0.1) is 35.0 Å². The Kier molecular flexibility index (Phi) is 5.75. The molecule has 2 saturated carbocycles. The molecule has 3 aliphatic carbocycles. The highest BCUT2D eigenvalue weighted by Crippen LogP contribution is 2.65. The first kappa shape index (κ1) is 24.5. The molecule has 0 bridgehead atoms. The molecule has 5 heteroatoms. The molecule has 0 aromatic heterocycles. The fourth-order valence-electron chi connectivity index (χ4n) is 8.24. The second-order valence-corrected chi connectivity index (χ2v) is 12.6. The van der Waals surface area contributed by atoms with Crippen LogP contribution < -0.4 is 0 Å². The molecule has 2 fully saturated rings. The molecule has 35 heavy (non-hydrogen) atoms. The maximum atomic E-state index is 12.2. The molecule has 0 saturated heterocycles. The van der Waals surface area contributed by atoms with Crippen molar-refractivity contribution in [1.29, 1.82) is 0 Å². The van der Waals surface area contributed by atoms with Crippen molar-refractivity contribution in [2.75, 3.05) is 0 Å². The van der Waals surface area contributed by atoms with Gasteiger partial charge >= 0.3 is 11.9 Å². The van der Waals surface area contributed by atoms with Crippen LogP contribution >= 0.6 is 0 Å². The highest BCUT2D eigenvalue weighted by molar-refractivity contribution is 5.88. The predicted molar refractivity (Wildman–Crippen MR) is 134 cm³/mol. The number of esters is 2. The van der Waals surface area contributed by atoms with Crippen LogP contribution in [0.1, 0.15) is 73.1 Å². The molecule has 1 N–H and O–H groups in total. The van der Waals surface area contributed by atoms with Gasteiger partial charge in [0.1, 0.15) is 11.7 Å². The van der Waals surface area contributed by atoms with Gasteiger partial charge in [-0.15, -0.1) is 0 Å². The zero-order valence-electron chi connectivity index (χ0n) is 21.8. The van der Waals surface area contributed by atoms with Crippen LogP contribution in [-0.4, -0.2) is 34.4 Å². The van der Waals surface area contributed by atoms with Crippen LogP contribution in [-0.2, 0) is 19.1 Å². The standard InChI is InChI=1S/C30H40O5/c1-17-7-10-24(34-27(17)32)19(3)21-13-14-29(6)23(18(21)2)16-30(33)15-20-8-12-26(31)35-28(4,5)22(20)9-11-25(29)30/h7-8,12,15,19,21-25,33H,2,9-11,13-14,16H2,1,3-6H3. The summed E-state index contributed by atoms with van der Waals surface area (Å²) in [7, 11) is 0. The summed E-state index contributed by atoms with van der Waals surface area (Å²) in [6.07, 6.45) is 12.5. The van der Waals surface area contributed by atoms with Crippen LogP contribution in [0.3, 0.4) is 0 Å². The van der Waals surface area contributed by atoms with Gasteiger partial charge in [-0.2, -0.15) is 0 Å². The zero-order valence-corrected chi connectivity index (χ0v) is 21.8. The minimum absolute atomic E-state index is 0.0348. The average Bonchev–Trinajstić information content (AvgIpc) is 2.86. The van der Waals surface area contributed by atoms with E-state index in [9.17, 15) is 14.7 Å². The molecule has 5 nitrogen and oxygen atoms in total. The lowest BCUT2D eigenvalue weighted by Crippen LogP contribution is -2.43. The molecular weight excluding hydrogens is 440 g/mol. The summed E-state index contributed by atoms with van der Waals surface area (Å²) >= 11 is 0. The number of allylic oxidation sites excluding steroid dienone is 2. The molecule has 2 aliphatic heterocycles. The van der Waals surface area contributed by atoms with Crippen LogP contribution in [0.4, 0.5) is 0 Å². The highest BCUT2D eigenvalue weighted by Gasteiger charge is 2.62. The third kappa shape index (κ3) is 3.85. The fraction of sp³-hybridized carbons (Fsp3) is 0.667. The minimum atomic E-state index is -0.935. The van der Waals surface area contributed by atoms with Crippen LogP contribution in [0.15, 0.2) is 47.6 Å². The lowest BCUT2D eigenvalue weighted by atomic mass is 9.57.